The smallest absolute Gasteiger partial charge is 0.273 e. The number of hydrogen-bond acceptors (Lipinski definition) is 6. The predicted octanol–water partition coefficient (Wildman–Crippen LogP) is 4.42. The first kappa shape index (κ1) is 20.4. The Labute approximate surface area is 170 Å². The van der Waals surface area contributed by atoms with Gasteiger partial charge in [0.05, 0.1) is 19.8 Å². The lowest BCUT2D eigenvalue weighted by atomic mass is 10.1. The minimum Gasteiger partial charge on any atom is -0.493 e. The Morgan fingerprint density at radius 1 is 1.24 bits per heavy atom. The van der Waals surface area contributed by atoms with E-state index in [0.29, 0.717) is 23.9 Å². The number of pyridine rings is 1. The van der Waals surface area contributed by atoms with E-state index in [0.717, 1.165) is 24.0 Å². The zero-order valence-electron chi connectivity index (χ0n) is 16.8. The van der Waals surface area contributed by atoms with Gasteiger partial charge in [0.2, 0.25) is 0 Å². The number of carbonyl (C=O) groups excluding carboxylic acids is 1. The molecule has 0 saturated heterocycles. The molecule has 0 aliphatic carbocycles. The van der Waals surface area contributed by atoms with Gasteiger partial charge in [-0.1, -0.05) is 24.6 Å². The molecule has 1 N–H and O–H groups in total. The van der Waals surface area contributed by atoms with Crippen LogP contribution >= 0.6 is 0 Å². The fraction of sp³-hybridized carbons (Fsp3) is 0.318. The van der Waals surface area contributed by atoms with Crippen LogP contribution in [0, 0.1) is 0 Å². The van der Waals surface area contributed by atoms with Crippen molar-refractivity contribution in [2.45, 2.75) is 32.7 Å². The number of methoxy groups -OCH3 is 1. The number of nitrogens with zero attached hydrogens (tertiary/aromatic N) is 2. The molecule has 0 spiro atoms. The molecule has 0 fully saturated rings. The van der Waals surface area contributed by atoms with Gasteiger partial charge in [0.1, 0.15) is 0 Å². The average Bonchev–Trinajstić information content (AvgIpc) is 3.25. The van der Waals surface area contributed by atoms with Gasteiger partial charge in [0.15, 0.2) is 23.0 Å². The molecule has 0 saturated carbocycles. The van der Waals surface area contributed by atoms with Crippen LogP contribution in [0.1, 0.15) is 48.8 Å². The number of carbonyl (C=O) groups is 1. The molecule has 2 aromatic heterocycles. The van der Waals surface area contributed by atoms with Gasteiger partial charge in [-0.15, -0.1) is 0 Å². The van der Waals surface area contributed by atoms with Gasteiger partial charge in [-0.3, -0.25) is 9.78 Å². The predicted molar refractivity (Wildman–Crippen MR) is 109 cm³/mol. The van der Waals surface area contributed by atoms with Crippen molar-refractivity contribution in [2.24, 2.45) is 0 Å². The lowest BCUT2D eigenvalue weighted by Crippen LogP contribution is -2.26. The van der Waals surface area contributed by atoms with E-state index >= 15 is 0 Å². The summed E-state index contributed by atoms with van der Waals surface area (Å²) in [6.07, 6.45) is 5.37. The van der Waals surface area contributed by atoms with Crippen LogP contribution < -0.4 is 14.8 Å². The summed E-state index contributed by atoms with van der Waals surface area (Å²) >= 11 is 0. The van der Waals surface area contributed by atoms with E-state index in [-0.39, 0.29) is 17.6 Å². The molecule has 0 bridgehead atoms. The topological polar surface area (TPSA) is 86.5 Å². The Morgan fingerprint density at radius 3 is 2.83 bits per heavy atom. The fourth-order valence-corrected chi connectivity index (χ4v) is 2.78. The Hall–Kier alpha value is -3.35. The molecule has 7 heteroatoms. The summed E-state index contributed by atoms with van der Waals surface area (Å²) in [4.78, 5) is 16.6. The van der Waals surface area contributed by atoms with Gasteiger partial charge in [-0.2, -0.15) is 0 Å². The number of nitrogens with one attached hydrogen (secondary N) is 1. The number of ether oxygens (including phenoxy) is 2. The van der Waals surface area contributed by atoms with Crippen LogP contribution in [-0.4, -0.2) is 29.8 Å². The molecule has 0 aliphatic rings. The number of benzene rings is 1. The van der Waals surface area contributed by atoms with Crippen molar-refractivity contribution in [3.05, 3.63) is 60.0 Å². The second-order valence-corrected chi connectivity index (χ2v) is 6.63. The lowest BCUT2D eigenvalue weighted by Gasteiger charge is -2.16. The minimum atomic E-state index is -0.321. The highest BCUT2D eigenvalue weighted by Crippen LogP contribution is 2.30. The van der Waals surface area contributed by atoms with Gasteiger partial charge >= 0.3 is 0 Å². The highest BCUT2D eigenvalue weighted by Gasteiger charge is 2.18. The summed E-state index contributed by atoms with van der Waals surface area (Å²) in [5.41, 5.74) is 1.87. The van der Waals surface area contributed by atoms with Crippen LogP contribution in [0.25, 0.3) is 11.3 Å². The number of unbranched alkanes of at least 4 members (excludes halogenated alkanes) is 1. The van der Waals surface area contributed by atoms with Crippen molar-refractivity contribution < 1.29 is 18.8 Å². The van der Waals surface area contributed by atoms with Crippen LogP contribution in [0.3, 0.4) is 0 Å². The van der Waals surface area contributed by atoms with Crippen LogP contribution in [-0.2, 0) is 0 Å². The molecule has 152 valence electrons. The molecule has 1 aromatic carbocycles. The summed E-state index contributed by atoms with van der Waals surface area (Å²) in [6.45, 7) is 4.65. The molecule has 3 aromatic rings. The Kier molecular flexibility index (Phi) is 6.84. The Morgan fingerprint density at radius 2 is 2.10 bits per heavy atom. The minimum absolute atomic E-state index is 0.210. The van der Waals surface area contributed by atoms with Crippen LogP contribution in [0.4, 0.5) is 0 Å². The molecule has 3 rings (SSSR count). The molecule has 2 heterocycles. The molecule has 7 nitrogen and oxygen atoms in total. The third kappa shape index (κ3) is 5.13. The first-order chi connectivity index (χ1) is 14.1. The second kappa shape index (κ2) is 9.73. The summed E-state index contributed by atoms with van der Waals surface area (Å²) in [7, 11) is 1.60. The molecule has 29 heavy (non-hydrogen) atoms. The maximum absolute atomic E-state index is 12.6. The van der Waals surface area contributed by atoms with E-state index in [2.05, 4.69) is 22.4 Å². The molecule has 1 atom stereocenters. The van der Waals surface area contributed by atoms with E-state index in [1.807, 2.05) is 31.2 Å². The first-order valence-electron chi connectivity index (χ1n) is 9.61. The third-order valence-corrected chi connectivity index (χ3v) is 4.48. The highest BCUT2D eigenvalue weighted by molar-refractivity contribution is 5.93. The zero-order chi connectivity index (χ0) is 20.6. The molecule has 1 amide bonds. The monoisotopic (exact) mass is 395 g/mol. The fourth-order valence-electron chi connectivity index (χ4n) is 2.78. The SMILES string of the molecule is CCCCOc1ccc(C(C)NC(=O)c2cc(-c3cccnc3)on2)cc1OC. The van der Waals surface area contributed by atoms with E-state index in [9.17, 15) is 4.79 Å². The molecule has 0 radical (unpaired) electrons. The van der Waals surface area contributed by atoms with Crippen molar-refractivity contribution in [3.8, 4) is 22.8 Å². The van der Waals surface area contributed by atoms with E-state index in [1.165, 1.54) is 0 Å². The maximum Gasteiger partial charge on any atom is 0.273 e. The van der Waals surface area contributed by atoms with Crippen molar-refractivity contribution in [1.82, 2.24) is 15.5 Å². The zero-order valence-corrected chi connectivity index (χ0v) is 16.8. The Balaban J connectivity index is 1.67. The van der Waals surface area contributed by atoms with Crippen molar-refractivity contribution in [2.75, 3.05) is 13.7 Å². The highest BCUT2D eigenvalue weighted by atomic mass is 16.5. The summed E-state index contributed by atoms with van der Waals surface area (Å²) in [6, 6.07) is 10.6. The third-order valence-electron chi connectivity index (χ3n) is 4.48. The molecule has 0 aliphatic heterocycles. The lowest BCUT2D eigenvalue weighted by molar-refractivity contribution is 0.0930. The van der Waals surface area contributed by atoms with Crippen LogP contribution in [0.15, 0.2) is 53.3 Å². The van der Waals surface area contributed by atoms with Gasteiger partial charge in [0.25, 0.3) is 5.91 Å². The number of hydrogen-bond donors (Lipinski definition) is 1. The maximum atomic E-state index is 12.6. The molecular formula is C22H25N3O4. The van der Waals surface area contributed by atoms with E-state index in [4.69, 9.17) is 14.0 Å². The number of amides is 1. The van der Waals surface area contributed by atoms with Gasteiger partial charge in [-0.05, 0) is 43.2 Å². The van der Waals surface area contributed by atoms with E-state index in [1.54, 1.807) is 31.6 Å². The van der Waals surface area contributed by atoms with Crippen LogP contribution in [0.2, 0.25) is 0 Å². The van der Waals surface area contributed by atoms with Crippen molar-refractivity contribution >= 4 is 5.91 Å². The number of aromatic nitrogens is 2. The van der Waals surface area contributed by atoms with Crippen molar-refractivity contribution in [3.63, 3.8) is 0 Å². The largest absolute Gasteiger partial charge is 0.493 e. The summed E-state index contributed by atoms with van der Waals surface area (Å²) in [5, 5.41) is 6.80. The Bertz CT molecular complexity index is 940. The quantitative estimate of drug-likeness (QED) is 0.540. The average molecular weight is 395 g/mol. The standard InChI is InChI=1S/C22H25N3O4/c1-4-5-11-28-19-9-8-16(12-21(19)27-3)15(2)24-22(26)18-13-20(29-25-18)17-7-6-10-23-14-17/h6-10,12-15H,4-5,11H2,1-3H3,(H,24,26). The van der Waals surface area contributed by atoms with Gasteiger partial charge in [-0.25, -0.2) is 0 Å². The first-order valence-corrected chi connectivity index (χ1v) is 9.61. The number of rotatable bonds is 9. The summed E-state index contributed by atoms with van der Waals surface area (Å²) in [5.74, 6) is 1.51. The summed E-state index contributed by atoms with van der Waals surface area (Å²) < 4.78 is 16.5. The second-order valence-electron chi connectivity index (χ2n) is 6.63. The van der Waals surface area contributed by atoms with Crippen LogP contribution in [0.5, 0.6) is 11.5 Å². The van der Waals surface area contributed by atoms with Crippen molar-refractivity contribution in [1.29, 1.82) is 0 Å². The molecular weight excluding hydrogens is 370 g/mol. The normalized spacial score (nSPS) is 11.7. The van der Waals surface area contributed by atoms with Gasteiger partial charge in [0, 0.05) is 24.0 Å². The van der Waals surface area contributed by atoms with E-state index < -0.39 is 0 Å². The van der Waals surface area contributed by atoms with Gasteiger partial charge < -0.3 is 19.3 Å². The molecule has 1 unspecified atom stereocenters.